The maximum absolute atomic E-state index is 13.5. The zero-order valence-corrected chi connectivity index (χ0v) is 20.7. The molecule has 0 unspecified atom stereocenters. The zero-order valence-electron chi connectivity index (χ0n) is 20.0. The first-order valence-corrected chi connectivity index (χ1v) is 12.6. The number of benzene rings is 3. The van der Waals surface area contributed by atoms with E-state index in [1.54, 1.807) is 12.1 Å². The molecule has 0 atom stereocenters. The first-order valence-electron chi connectivity index (χ1n) is 12.2. The third-order valence-electron chi connectivity index (χ3n) is 7.04. The summed E-state index contributed by atoms with van der Waals surface area (Å²) in [6.07, 6.45) is 3.89. The predicted octanol–water partition coefficient (Wildman–Crippen LogP) is 6.57. The van der Waals surface area contributed by atoms with Gasteiger partial charge >= 0.3 is 0 Å². The van der Waals surface area contributed by atoms with Crippen LogP contribution in [0.2, 0.25) is 5.02 Å². The number of hydrogen-bond acceptors (Lipinski definition) is 2. The van der Waals surface area contributed by atoms with Crippen molar-refractivity contribution in [2.24, 2.45) is 5.41 Å². The molecule has 3 nitrogen and oxygen atoms in total. The quantitative estimate of drug-likeness (QED) is 0.368. The van der Waals surface area contributed by atoms with Gasteiger partial charge in [-0.25, -0.2) is 4.39 Å². The fourth-order valence-corrected chi connectivity index (χ4v) is 5.06. The molecule has 0 spiro atoms. The number of piperidine rings is 1. The van der Waals surface area contributed by atoms with Crippen LogP contribution in [0.25, 0.3) is 0 Å². The van der Waals surface area contributed by atoms with Gasteiger partial charge in [-0.1, -0.05) is 78.8 Å². The molecule has 3 aromatic rings. The molecular formula is C30H32ClFN2O. The van der Waals surface area contributed by atoms with Crippen LogP contribution in [-0.2, 0) is 24.2 Å². The summed E-state index contributed by atoms with van der Waals surface area (Å²) in [6, 6.07) is 24.4. The molecule has 1 aliphatic rings. The van der Waals surface area contributed by atoms with Crippen molar-refractivity contribution < 1.29 is 9.18 Å². The van der Waals surface area contributed by atoms with Crippen LogP contribution in [-0.4, -0.2) is 23.9 Å². The number of aryl methyl sites for hydroxylation is 1. The van der Waals surface area contributed by atoms with Gasteiger partial charge in [-0.15, -0.1) is 0 Å². The van der Waals surface area contributed by atoms with E-state index < -0.39 is 5.41 Å². The first kappa shape index (κ1) is 25.0. The Labute approximate surface area is 212 Å². The Morgan fingerprint density at radius 1 is 0.943 bits per heavy atom. The Balaban J connectivity index is 1.40. The number of carbonyl (C=O) groups excluding carboxylic acids is 1. The van der Waals surface area contributed by atoms with Crippen molar-refractivity contribution in [2.75, 3.05) is 13.1 Å². The van der Waals surface area contributed by atoms with Gasteiger partial charge in [-0.3, -0.25) is 4.79 Å². The highest BCUT2D eigenvalue weighted by Gasteiger charge is 2.41. The van der Waals surface area contributed by atoms with Crippen LogP contribution in [0, 0.1) is 11.2 Å². The molecule has 182 valence electrons. The van der Waals surface area contributed by atoms with E-state index in [9.17, 15) is 9.18 Å². The fourth-order valence-electron chi connectivity index (χ4n) is 4.83. The molecule has 5 heteroatoms. The van der Waals surface area contributed by atoms with Crippen LogP contribution in [0.15, 0.2) is 91.1 Å². The number of amides is 1. The summed E-state index contributed by atoms with van der Waals surface area (Å²) in [5.41, 5.74) is 3.78. The van der Waals surface area contributed by atoms with Gasteiger partial charge in [-0.2, -0.15) is 0 Å². The van der Waals surface area contributed by atoms with Crippen LogP contribution in [0.3, 0.4) is 0 Å². The molecule has 1 N–H and O–H groups in total. The average Bonchev–Trinajstić information content (AvgIpc) is 2.88. The van der Waals surface area contributed by atoms with Crippen LogP contribution >= 0.6 is 11.6 Å². The SMILES string of the molecule is C=C(CCc1ccccc1Cl)N1CCC(Cc2ccccc2)(C(=O)NCc2ccc(F)cc2)CC1. The van der Waals surface area contributed by atoms with Gasteiger partial charge in [0.05, 0.1) is 5.41 Å². The van der Waals surface area contributed by atoms with Gasteiger partial charge in [0.15, 0.2) is 0 Å². The van der Waals surface area contributed by atoms with Crippen LogP contribution in [0.4, 0.5) is 4.39 Å². The van der Waals surface area contributed by atoms with Crippen molar-refractivity contribution in [1.29, 1.82) is 0 Å². The third kappa shape index (κ3) is 6.52. The summed E-state index contributed by atoms with van der Waals surface area (Å²) in [6.45, 7) is 6.31. The van der Waals surface area contributed by atoms with Gasteiger partial charge < -0.3 is 10.2 Å². The minimum absolute atomic E-state index is 0.0620. The molecule has 0 saturated carbocycles. The number of likely N-dealkylation sites (tertiary alicyclic amines) is 1. The van der Waals surface area contributed by atoms with Gasteiger partial charge in [0.1, 0.15) is 5.82 Å². The van der Waals surface area contributed by atoms with Crippen LogP contribution < -0.4 is 5.32 Å². The van der Waals surface area contributed by atoms with E-state index in [0.717, 1.165) is 66.2 Å². The van der Waals surface area contributed by atoms with Gasteiger partial charge in [0.2, 0.25) is 5.91 Å². The van der Waals surface area contributed by atoms with Crippen molar-refractivity contribution >= 4 is 17.5 Å². The minimum atomic E-state index is -0.485. The third-order valence-corrected chi connectivity index (χ3v) is 7.41. The normalized spacial score (nSPS) is 15.0. The summed E-state index contributed by atoms with van der Waals surface area (Å²) >= 11 is 6.32. The largest absolute Gasteiger partial charge is 0.375 e. The Morgan fingerprint density at radius 2 is 1.60 bits per heavy atom. The van der Waals surface area contributed by atoms with E-state index in [0.29, 0.717) is 13.0 Å². The topological polar surface area (TPSA) is 32.3 Å². The molecule has 0 radical (unpaired) electrons. The van der Waals surface area contributed by atoms with E-state index in [2.05, 4.69) is 35.0 Å². The number of rotatable bonds is 9. The highest BCUT2D eigenvalue weighted by atomic mass is 35.5. The molecule has 0 bridgehead atoms. The number of hydrogen-bond donors (Lipinski definition) is 1. The standard InChI is InChI=1S/C30H32ClFN2O/c1-23(11-14-26-9-5-6-10-28(26)31)34-19-17-30(18-20-34,21-24-7-3-2-4-8-24)29(35)33-22-25-12-15-27(32)16-13-25/h2-10,12-13,15-16H,1,11,14,17-22H2,(H,33,35). The predicted molar refractivity (Wildman–Crippen MR) is 141 cm³/mol. The molecule has 4 rings (SSSR count). The lowest BCUT2D eigenvalue weighted by atomic mass is 9.72. The summed E-state index contributed by atoms with van der Waals surface area (Å²) < 4.78 is 13.2. The molecule has 35 heavy (non-hydrogen) atoms. The van der Waals surface area contributed by atoms with E-state index in [-0.39, 0.29) is 11.7 Å². The number of halogens is 2. The number of nitrogens with one attached hydrogen (secondary N) is 1. The molecule has 1 aliphatic heterocycles. The van der Waals surface area contributed by atoms with Gasteiger partial charge in [0.25, 0.3) is 0 Å². The zero-order chi connectivity index (χ0) is 24.7. The monoisotopic (exact) mass is 490 g/mol. The summed E-state index contributed by atoms with van der Waals surface area (Å²) in [7, 11) is 0. The molecule has 0 aromatic heterocycles. The number of nitrogens with zero attached hydrogens (tertiary/aromatic N) is 1. The minimum Gasteiger partial charge on any atom is -0.375 e. The molecule has 1 saturated heterocycles. The van der Waals surface area contributed by atoms with Crippen molar-refractivity contribution in [3.8, 4) is 0 Å². The second-order valence-corrected chi connectivity index (χ2v) is 9.80. The first-order chi connectivity index (χ1) is 16.9. The second kappa shape index (κ2) is 11.5. The van der Waals surface area contributed by atoms with Crippen molar-refractivity contribution in [2.45, 2.75) is 38.6 Å². The smallest absolute Gasteiger partial charge is 0.226 e. The number of carbonyl (C=O) groups is 1. The fraction of sp³-hybridized carbons (Fsp3) is 0.300. The lowest BCUT2D eigenvalue weighted by Gasteiger charge is -2.42. The summed E-state index contributed by atoms with van der Waals surface area (Å²) in [4.78, 5) is 15.9. The average molecular weight is 491 g/mol. The maximum atomic E-state index is 13.5. The van der Waals surface area contributed by atoms with Gasteiger partial charge in [-0.05, 0) is 67.0 Å². The second-order valence-electron chi connectivity index (χ2n) is 9.40. The van der Waals surface area contributed by atoms with Crippen LogP contribution in [0.1, 0.15) is 36.0 Å². The Morgan fingerprint density at radius 3 is 2.29 bits per heavy atom. The van der Waals surface area contributed by atoms with Crippen molar-refractivity contribution in [1.82, 2.24) is 10.2 Å². The van der Waals surface area contributed by atoms with Gasteiger partial charge in [0, 0.05) is 30.4 Å². The maximum Gasteiger partial charge on any atom is 0.226 e. The Kier molecular flexibility index (Phi) is 8.25. The number of allylic oxidation sites excluding steroid dienone is 1. The molecule has 1 heterocycles. The van der Waals surface area contributed by atoms with Crippen LogP contribution in [0.5, 0.6) is 0 Å². The highest BCUT2D eigenvalue weighted by Crippen LogP contribution is 2.37. The lowest BCUT2D eigenvalue weighted by Crippen LogP contribution is -2.49. The molecular weight excluding hydrogens is 459 g/mol. The summed E-state index contributed by atoms with van der Waals surface area (Å²) in [5, 5.41) is 3.92. The highest BCUT2D eigenvalue weighted by molar-refractivity contribution is 6.31. The summed E-state index contributed by atoms with van der Waals surface area (Å²) in [5.74, 6) is -0.213. The Hall–Kier alpha value is -3.11. The van der Waals surface area contributed by atoms with Crippen molar-refractivity contribution in [3.63, 3.8) is 0 Å². The van der Waals surface area contributed by atoms with E-state index in [4.69, 9.17) is 11.6 Å². The molecule has 1 amide bonds. The van der Waals surface area contributed by atoms with E-state index in [1.807, 2.05) is 36.4 Å². The molecule has 1 fully saturated rings. The van der Waals surface area contributed by atoms with E-state index >= 15 is 0 Å². The lowest BCUT2D eigenvalue weighted by molar-refractivity contribution is -0.133. The molecule has 0 aliphatic carbocycles. The molecule has 3 aromatic carbocycles. The van der Waals surface area contributed by atoms with Crippen molar-refractivity contribution in [3.05, 3.63) is 119 Å². The Bertz CT molecular complexity index is 1140. The van der Waals surface area contributed by atoms with E-state index in [1.165, 1.54) is 12.1 Å².